The van der Waals surface area contributed by atoms with Gasteiger partial charge in [0.1, 0.15) is 5.75 Å². The Labute approximate surface area is 190 Å². The van der Waals surface area contributed by atoms with Gasteiger partial charge in [-0.15, -0.1) is 0 Å². The van der Waals surface area contributed by atoms with Gasteiger partial charge in [0.15, 0.2) is 0 Å². The fourth-order valence-corrected chi connectivity index (χ4v) is 4.80. The van der Waals surface area contributed by atoms with E-state index in [4.69, 9.17) is 4.74 Å². The lowest BCUT2D eigenvalue weighted by atomic mass is 9.98. The molecule has 32 heavy (non-hydrogen) atoms. The quantitative estimate of drug-likeness (QED) is 0.750. The second kappa shape index (κ2) is 10.2. The molecule has 1 aliphatic heterocycles. The second-order valence-corrected chi connectivity index (χ2v) is 8.79. The van der Waals surface area contributed by atoms with Crippen LogP contribution in [0, 0.1) is 0 Å². The Kier molecular flexibility index (Phi) is 7.10. The van der Waals surface area contributed by atoms with Crippen LogP contribution in [0.4, 0.5) is 0 Å². The molecule has 1 saturated carbocycles. The van der Waals surface area contributed by atoms with Crippen molar-refractivity contribution < 1.29 is 14.3 Å². The SMILES string of the molecule is CNC(=O)c1cccc(C2CN(C(C)=O)CCN2Cc2ccccc2OC2CCCC2)c1. The van der Waals surface area contributed by atoms with E-state index in [0.29, 0.717) is 24.8 Å². The highest BCUT2D eigenvalue weighted by Gasteiger charge is 2.30. The standard InChI is InChI=1S/C26H33N3O3/c1-19(30)28-14-15-29(24(18-28)20-9-7-10-21(16-20)26(31)27-2)17-22-8-3-6-13-25(22)32-23-11-4-5-12-23/h3,6-10,13,16,23-24H,4-5,11-12,14-15,17-18H2,1-2H3,(H,27,31). The summed E-state index contributed by atoms with van der Waals surface area (Å²) >= 11 is 0. The summed E-state index contributed by atoms with van der Waals surface area (Å²) in [7, 11) is 1.64. The Morgan fingerprint density at radius 1 is 1.06 bits per heavy atom. The topological polar surface area (TPSA) is 61.9 Å². The summed E-state index contributed by atoms with van der Waals surface area (Å²) in [5, 5.41) is 2.70. The zero-order valence-corrected chi connectivity index (χ0v) is 19.0. The van der Waals surface area contributed by atoms with Crippen LogP contribution in [-0.4, -0.2) is 54.4 Å². The number of nitrogens with one attached hydrogen (secondary N) is 1. The largest absolute Gasteiger partial charge is 0.490 e. The van der Waals surface area contributed by atoms with Crippen molar-refractivity contribution in [3.63, 3.8) is 0 Å². The highest BCUT2D eigenvalue weighted by molar-refractivity contribution is 5.94. The third-order valence-electron chi connectivity index (χ3n) is 6.64. The van der Waals surface area contributed by atoms with Gasteiger partial charge >= 0.3 is 0 Å². The minimum Gasteiger partial charge on any atom is -0.490 e. The van der Waals surface area contributed by atoms with Crippen LogP contribution in [0.15, 0.2) is 48.5 Å². The van der Waals surface area contributed by atoms with Gasteiger partial charge in [0, 0.05) is 51.3 Å². The van der Waals surface area contributed by atoms with Crippen molar-refractivity contribution in [1.29, 1.82) is 0 Å². The number of carbonyl (C=O) groups excluding carboxylic acids is 2. The lowest BCUT2D eigenvalue weighted by Crippen LogP contribution is -2.49. The number of hydrogen-bond donors (Lipinski definition) is 1. The molecule has 4 rings (SSSR count). The Balaban J connectivity index is 1.59. The molecule has 1 N–H and O–H groups in total. The van der Waals surface area contributed by atoms with Crippen molar-refractivity contribution in [1.82, 2.24) is 15.1 Å². The van der Waals surface area contributed by atoms with E-state index < -0.39 is 0 Å². The van der Waals surface area contributed by atoms with Gasteiger partial charge in [-0.25, -0.2) is 0 Å². The van der Waals surface area contributed by atoms with Gasteiger partial charge in [-0.05, 0) is 49.4 Å². The zero-order valence-electron chi connectivity index (χ0n) is 19.0. The number of para-hydroxylation sites is 1. The van der Waals surface area contributed by atoms with E-state index >= 15 is 0 Å². The maximum absolute atomic E-state index is 12.2. The summed E-state index contributed by atoms with van der Waals surface area (Å²) in [5.41, 5.74) is 2.85. The van der Waals surface area contributed by atoms with Crippen molar-refractivity contribution >= 4 is 11.8 Å². The predicted octanol–water partition coefficient (Wildman–Crippen LogP) is 3.77. The molecule has 2 aliphatic rings. The highest BCUT2D eigenvalue weighted by Crippen LogP contribution is 2.32. The van der Waals surface area contributed by atoms with Gasteiger partial charge in [-0.3, -0.25) is 14.5 Å². The van der Waals surface area contributed by atoms with E-state index in [-0.39, 0.29) is 17.9 Å². The van der Waals surface area contributed by atoms with Crippen LogP contribution in [0.1, 0.15) is 60.1 Å². The summed E-state index contributed by atoms with van der Waals surface area (Å²) in [5.74, 6) is 0.946. The number of carbonyl (C=O) groups is 2. The van der Waals surface area contributed by atoms with Gasteiger partial charge in [-0.2, -0.15) is 0 Å². The molecule has 0 bridgehead atoms. The van der Waals surface area contributed by atoms with Crippen LogP contribution in [0.3, 0.4) is 0 Å². The van der Waals surface area contributed by atoms with Crippen LogP contribution >= 0.6 is 0 Å². The van der Waals surface area contributed by atoms with Crippen LogP contribution in [0.25, 0.3) is 0 Å². The molecule has 2 fully saturated rings. The number of ether oxygens (including phenoxy) is 1. The molecule has 1 saturated heterocycles. The Morgan fingerprint density at radius 3 is 2.59 bits per heavy atom. The molecule has 2 aromatic carbocycles. The van der Waals surface area contributed by atoms with Gasteiger partial charge < -0.3 is 15.0 Å². The molecule has 0 radical (unpaired) electrons. The minimum absolute atomic E-state index is 0.0109. The van der Waals surface area contributed by atoms with E-state index in [2.05, 4.69) is 34.5 Å². The van der Waals surface area contributed by atoms with E-state index in [1.165, 1.54) is 18.4 Å². The van der Waals surface area contributed by atoms with Crippen LogP contribution < -0.4 is 10.1 Å². The average molecular weight is 436 g/mol. The summed E-state index contributed by atoms with van der Waals surface area (Å²) in [6.07, 6.45) is 5.04. The lowest BCUT2D eigenvalue weighted by molar-refractivity contribution is -0.132. The van der Waals surface area contributed by atoms with Gasteiger partial charge in [0.2, 0.25) is 5.91 Å². The molecule has 0 spiro atoms. The van der Waals surface area contributed by atoms with Crippen molar-refractivity contribution in [3.05, 3.63) is 65.2 Å². The molecule has 2 aromatic rings. The fraction of sp³-hybridized carbons (Fsp3) is 0.462. The Morgan fingerprint density at radius 2 is 1.84 bits per heavy atom. The summed E-state index contributed by atoms with van der Waals surface area (Å²) in [4.78, 5) is 28.6. The number of piperazine rings is 1. The van der Waals surface area contributed by atoms with E-state index in [0.717, 1.165) is 37.2 Å². The van der Waals surface area contributed by atoms with Crippen molar-refractivity contribution in [2.24, 2.45) is 0 Å². The molecule has 0 aromatic heterocycles. The zero-order chi connectivity index (χ0) is 22.5. The first-order valence-electron chi connectivity index (χ1n) is 11.6. The molecular weight excluding hydrogens is 402 g/mol. The van der Waals surface area contributed by atoms with E-state index in [1.54, 1.807) is 14.0 Å². The fourth-order valence-electron chi connectivity index (χ4n) is 4.80. The first-order valence-corrected chi connectivity index (χ1v) is 11.6. The summed E-state index contributed by atoms with van der Waals surface area (Å²) in [6.45, 7) is 4.44. The third-order valence-corrected chi connectivity index (χ3v) is 6.64. The van der Waals surface area contributed by atoms with Crippen molar-refractivity contribution in [2.45, 2.75) is 51.3 Å². The summed E-state index contributed by atoms with van der Waals surface area (Å²) < 4.78 is 6.37. The van der Waals surface area contributed by atoms with E-state index in [9.17, 15) is 9.59 Å². The number of benzene rings is 2. The predicted molar refractivity (Wildman–Crippen MR) is 125 cm³/mol. The van der Waals surface area contributed by atoms with Gasteiger partial charge in [0.05, 0.1) is 12.1 Å². The molecule has 1 heterocycles. The smallest absolute Gasteiger partial charge is 0.251 e. The van der Waals surface area contributed by atoms with E-state index in [1.807, 2.05) is 29.2 Å². The average Bonchev–Trinajstić information content (AvgIpc) is 3.33. The monoisotopic (exact) mass is 435 g/mol. The van der Waals surface area contributed by atoms with Gasteiger partial charge in [0.25, 0.3) is 5.91 Å². The molecular formula is C26H33N3O3. The van der Waals surface area contributed by atoms with Crippen molar-refractivity contribution in [3.8, 4) is 5.75 Å². The first kappa shape index (κ1) is 22.3. The second-order valence-electron chi connectivity index (χ2n) is 8.79. The minimum atomic E-state index is -0.104. The number of hydrogen-bond acceptors (Lipinski definition) is 4. The highest BCUT2D eigenvalue weighted by atomic mass is 16.5. The number of amides is 2. The molecule has 1 unspecified atom stereocenters. The Bertz CT molecular complexity index is 955. The number of rotatable bonds is 6. The molecule has 2 amide bonds. The molecule has 6 nitrogen and oxygen atoms in total. The molecule has 1 atom stereocenters. The summed E-state index contributed by atoms with van der Waals surface area (Å²) in [6, 6.07) is 16.0. The third kappa shape index (κ3) is 5.13. The van der Waals surface area contributed by atoms with Crippen LogP contribution in [-0.2, 0) is 11.3 Å². The molecule has 1 aliphatic carbocycles. The molecule has 6 heteroatoms. The van der Waals surface area contributed by atoms with Crippen molar-refractivity contribution in [2.75, 3.05) is 26.7 Å². The molecule has 170 valence electrons. The lowest BCUT2D eigenvalue weighted by Gasteiger charge is -2.41. The van der Waals surface area contributed by atoms with Gasteiger partial charge in [-0.1, -0.05) is 30.3 Å². The van der Waals surface area contributed by atoms with Crippen LogP contribution in [0.2, 0.25) is 0 Å². The first-order chi connectivity index (χ1) is 15.5. The maximum atomic E-state index is 12.2. The number of nitrogens with zero attached hydrogens (tertiary/aromatic N) is 2. The van der Waals surface area contributed by atoms with Crippen LogP contribution in [0.5, 0.6) is 5.75 Å². The normalized spacial score (nSPS) is 19.7. The Hall–Kier alpha value is -2.86. The maximum Gasteiger partial charge on any atom is 0.251 e.